The molecule has 0 bridgehead atoms. The second-order valence-electron chi connectivity index (χ2n) is 5.14. The fraction of sp³-hybridized carbons (Fsp3) is 0.600. The minimum atomic E-state index is -0.208. The molecule has 0 saturated carbocycles. The monoisotopic (exact) mass is 271 g/mol. The summed E-state index contributed by atoms with van der Waals surface area (Å²) in [6.45, 7) is 7.40. The van der Waals surface area contributed by atoms with Gasteiger partial charge in [0, 0.05) is 16.6 Å². The topological polar surface area (TPSA) is 12.0 Å². The second-order valence-corrected chi connectivity index (χ2v) is 5.58. The van der Waals surface area contributed by atoms with Crippen molar-refractivity contribution < 1.29 is 4.39 Å². The number of halogens is 2. The van der Waals surface area contributed by atoms with E-state index in [4.69, 9.17) is 11.6 Å². The molecule has 3 heteroatoms. The lowest BCUT2D eigenvalue weighted by Gasteiger charge is -2.20. The normalized spacial score (nSPS) is 13.0. The molecule has 0 amide bonds. The molecular weight excluding hydrogens is 249 g/mol. The lowest BCUT2D eigenvalue weighted by Crippen LogP contribution is -2.23. The van der Waals surface area contributed by atoms with Gasteiger partial charge in [-0.3, -0.25) is 0 Å². The minimum absolute atomic E-state index is 0.0876. The highest BCUT2D eigenvalue weighted by Crippen LogP contribution is 2.25. The number of rotatable bonds is 7. The lowest BCUT2D eigenvalue weighted by atomic mass is 9.97. The van der Waals surface area contributed by atoms with Crippen molar-refractivity contribution in [2.45, 2.75) is 46.1 Å². The largest absolute Gasteiger partial charge is 0.310 e. The van der Waals surface area contributed by atoms with Gasteiger partial charge < -0.3 is 5.32 Å². The summed E-state index contributed by atoms with van der Waals surface area (Å²) >= 11 is 5.79. The Labute approximate surface area is 115 Å². The molecule has 0 aliphatic heterocycles. The molecule has 0 aliphatic rings. The van der Waals surface area contributed by atoms with Gasteiger partial charge in [0.1, 0.15) is 5.82 Å². The zero-order chi connectivity index (χ0) is 13.5. The van der Waals surface area contributed by atoms with Crippen molar-refractivity contribution >= 4 is 11.6 Å². The summed E-state index contributed by atoms with van der Waals surface area (Å²) in [5.41, 5.74) is 0.730. The van der Waals surface area contributed by atoms with E-state index in [9.17, 15) is 4.39 Å². The Bertz CT molecular complexity index is 366. The molecule has 1 N–H and O–H groups in total. The molecule has 102 valence electrons. The smallest absolute Gasteiger partial charge is 0.129 e. The van der Waals surface area contributed by atoms with E-state index in [2.05, 4.69) is 26.1 Å². The van der Waals surface area contributed by atoms with Gasteiger partial charge in [-0.15, -0.1) is 0 Å². The molecule has 0 spiro atoms. The minimum Gasteiger partial charge on any atom is -0.310 e. The fourth-order valence-corrected chi connectivity index (χ4v) is 2.13. The Kier molecular flexibility index (Phi) is 6.66. The van der Waals surface area contributed by atoms with E-state index >= 15 is 0 Å². The first-order valence-electron chi connectivity index (χ1n) is 6.73. The van der Waals surface area contributed by atoms with Crippen LogP contribution >= 0.6 is 11.6 Å². The lowest BCUT2D eigenvalue weighted by molar-refractivity contribution is 0.427. The maximum atomic E-state index is 13.9. The maximum Gasteiger partial charge on any atom is 0.129 e. The number of benzene rings is 1. The van der Waals surface area contributed by atoms with Crippen LogP contribution in [0.2, 0.25) is 5.02 Å². The van der Waals surface area contributed by atoms with E-state index in [0.717, 1.165) is 31.4 Å². The third kappa shape index (κ3) is 4.95. The summed E-state index contributed by atoms with van der Waals surface area (Å²) < 4.78 is 13.9. The van der Waals surface area contributed by atoms with E-state index in [1.165, 1.54) is 6.07 Å². The highest BCUT2D eigenvalue weighted by atomic mass is 35.5. The van der Waals surface area contributed by atoms with E-state index in [1.54, 1.807) is 12.1 Å². The van der Waals surface area contributed by atoms with Gasteiger partial charge in [-0.25, -0.2) is 4.39 Å². The zero-order valence-corrected chi connectivity index (χ0v) is 12.2. The molecule has 18 heavy (non-hydrogen) atoms. The van der Waals surface area contributed by atoms with Gasteiger partial charge in [-0.2, -0.15) is 0 Å². The molecule has 1 rings (SSSR count). The number of hydrogen-bond acceptors (Lipinski definition) is 1. The van der Waals surface area contributed by atoms with Crippen LogP contribution < -0.4 is 5.32 Å². The number of nitrogens with one attached hydrogen (secondary N) is 1. The van der Waals surface area contributed by atoms with E-state index < -0.39 is 0 Å². The maximum absolute atomic E-state index is 13.9. The molecule has 0 fully saturated rings. The van der Waals surface area contributed by atoms with Crippen molar-refractivity contribution in [1.29, 1.82) is 0 Å². The first-order chi connectivity index (χ1) is 8.54. The summed E-state index contributed by atoms with van der Waals surface area (Å²) in [5.74, 6) is 0.422. The van der Waals surface area contributed by atoms with Gasteiger partial charge in [-0.1, -0.05) is 38.4 Å². The van der Waals surface area contributed by atoms with Crippen LogP contribution in [0.3, 0.4) is 0 Å². The molecule has 1 aromatic carbocycles. The van der Waals surface area contributed by atoms with Crippen LogP contribution in [-0.4, -0.2) is 6.54 Å². The van der Waals surface area contributed by atoms with Crippen molar-refractivity contribution in [3.8, 4) is 0 Å². The Balaban J connectivity index is 2.79. The Morgan fingerprint density at radius 3 is 2.56 bits per heavy atom. The van der Waals surface area contributed by atoms with Gasteiger partial charge in [0.25, 0.3) is 0 Å². The first kappa shape index (κ1) is 15.5. The van der Waals surface area contributed by atoms with Gasteiger partial charge in [-0.05, 0) is 43.9 Å². The van der Waals surface area contributed by atoms with E-state index in [-0.39, 0.29) is 11.9 Å². The molecule has 1 unspecified atom stereocenters. The molecule has 1 nitrogen and oxygen atoms in total. The van der Waals surface area contributed by atoms with Gasteiger partial charge in [0.15, 0.2) is 0 Å². The molecule has 0 heterocycles. The second kappa shape index (κ2) is 7.75. The average molecular weight is 272 g/mol. The summed E-state index contributed by atoms with van der Waals surface area (Å²) in [6.07, 6.45) is 3.09. The molecule has 0 aliphatic carbocycles. The van der Waals surface area contributed by atoms with Crippen LogP contribution in [0, 0.1) is 11.7 Å². The highest BCUT2D eigenvalue weighted by molar-refractivity contribution is 6.30. The van der Waals surface area contributed by atoms with E-state index in [1.807, 2.05) is 0 Å². The fourth-order valence-electron chi connectivity index (χ4n) is 1.97. The van der Waals surface area contributed by atoms with Crippen molar-refractivity contribution in [3.63, 3.8) is 0 Å². The standard InChI is InChI=1S/C15H23ClFN/c1-4-9-18-15(8-5-11(2)3)13-7-6-12(16)10-14(13)17/h6-7,10-11,15,18H,4-5,8-9H2,1-3H3. The molecular formula is C15H23ClFN. The van der Waals surface area contributed by atoms with E-state index in [0.29, 0.717) is 10.9 Å². The van der Waals surface area contributed by atoms with Crippen LogP contribution in [0.25, 0.3) is 0 Å². The molecule has 1 atom stereocenters. The van der Waals surface area contributed by atoms with Crippen LogP contribution in [0.4, 0.5) is 4.39 Å². The molecule has 0 saturated heterocycles. The number of hydrogen-bond donors (Lipinski definition) is 1. The third-order valence-electron chi connectivity index (χ3n) is 3.01. The summed E-state index contributed by atoms with van der Waals surface area (Å²) in [6, 6.07) is 5.04. The predicted molar refractivity (Wildman–Crippen MR) is 76.5 cm³/mol. The van der Waals surface area contributed by atoms with Crippen molar-refractivity contribution in [3.05, 3.63) is 34.6 Å². The first-order valence-corrected chi connectivity index (χ1v) is 7.10. The summed E-state index contributed by atoms with van der Waals surface area (Å²) in [5, 5.41) is 3.87. The van der Waals surface area contributed by atoms with Gasteiger partial charge in [0.05, 0.1) is 0 Å². The van der Waals surface area contributed by atoms with Crippen LogP contribution in [0.15, 0.2) is 18.2 Å². The average Bonchev–Trinajstić information content (AvgIpc) is 2.30. The highest BCUT2D eigenvalue weighted by Gasteiger charge is 2.15. The zero-order valence-electron chi connectivity index (χ0n) is 11.5. The van der Waals surface area contributed by atoms with Gasteiger partial charge >= 0.3 is 0 Å². The molecule has 0 radical (unpaired) electrons. The quantitative estimate of drug-likeness (QED) is 0.739. The predicted octanol–water partition coefficient (Wildman–Crippen LogP) is 4.96. The van der Waals surface area contributed by atoms with Crippen LogP contribution in [-0.2, 0) is 0 Å². The Hall–Kier alpha value is -0.600. The Morgan fingerprint density at radius 2 is 2.00 bits per heavy atom. The SMILES string of the molecule is CCCNC(CCC(C)C)c1ccc(Cl)cc1F. The van der Waals surface area contributed by atoms with Crippen LogP contribution in [0.1, 0.15) is 51.6 Å². The molecule has 1 aromatic rings. The van der Waals surface area contributed by atoms with Crippen molar-refractivity contribution in [2.75, 3.05) is 6.54 Å². The summed E-state index contributed by atoms with van der Waals surface area (Å²) in [7, 11) is 0. The summed E-state index contributed by atoms with van der Waals surface area (Å²) in [4.78, 5) is 0. The van der Waals surface area contributed by atoms with Crippen LogP contribution in [0.5, 0.6) is 0 Å². The molecule has 0 aromatic heterocycles. The Morgan fingerprint density at radius 1 is 1.28 bits per heavy atom. The van der Waals surface area contributed by atoms with Crippen molar-refractivity contribution in [2.24, 2.45) is 5.92 Å². The van der Waals surface area contributed by atoms with Gasteiger partial charge in [0.2, 0.25) is 0 Å². The van der Waals surface area contributed by atoms with Crippen molar-refractivity contribution in [1.82, 2.24) is 5.32 Å². The third-order valence-corrected chi connectivity index (χ3v) is 3.25.